The lowest BCUT2D eigenvalue weighted by atomic mass is 9.93. The quantitative estimate of drug-likeness (QED) is 0.610. The highest BCUT2D eigenvalue weighted by molar-refractivity contribution is 14.1. The highest BCUT2D eigenvalue weighted by atomic mass is 127. The Balaban J connectivity index is 3.09. The van der Waals surface area contributed by atoms with Crippen LogP contribution in [0.5, 0.6) is 0 Å². The highest BCUT2D eigenvalue weighted by Gasteiger charge is 2.29. The molecular formula is C11H15IN2O3. The van der Waals surface area contributed by atoms with Crippen molar-refractivity contribution in [1.82, 2.24) is 9.55 Å². The number of hydrogen-bond acceptors (Lipinski definition) is 4. The van der Waals surface area contributed by atoms with Crippen LogP contribution in [0.3, 0.4) is 0 Å². The number of aryl methyl sites for hydroxylation is 1. The Kier molecular flexibility index (Phi) is 4.29. The molecule has 6 heteroatoms. The number of nitrogens with zero attached hydrogens (tertiary/aromatic N) is 2. The summed E-state index contributed by atoms with van der Waals surface area (Å²) in [4.78, 5) is 27.6. The lowest BCUT2D eigenvalue weighted by Gasteiger charge is -2.22. The Bertz CT molecular complexity index is 494. The van der Waals surface area contributed by atoms with E-state index in [2.05, 4.69) is 4.98 Å². The van der Waals surface area contributed by atoms with Gasteiger partial charge < -0.3 is 4.74 Å². The van der Waals surface area contributed by atoms with Gasteiger partial charge in [0.05, 0.1) is 28.1 Å². The summed E-state index contributed by atoms with van der Waals surface area (Å²) in [6.45, 7) is 5.50. The summed E-state index contributed by atoms with van der Waals surface area (Å²) in [7, 11) is 1.34. The molecule has 1 heterocycles. The molecule has 0 unspecified atom stereocenters. The van der Waals surface area contributed by atoms with E-state index in [-0.39, 0.29) is 18.1 Å². The third-order valence-corrected chi connectivity index (χ3v) is 3.70. The summed E-state index contributed by atoms with van der Waals surface area (Å²) < 4.78 is 6.72. The van der Waals surface area contributed by atoms with Crippen molar-refractivity contribution in [3.63, 3.8) is 0 Å². The molecule has 0 saturated carbocycles. The largest absolute Gasteiger partial charge is 0.469 e. The number of esters is 1. The van der Waals surface area contributed by atoms with Crippen LogP contribution in [0.15, 0.2) is 11.1 Å². The lowest BCUT2D eigenvalue weighted by Crippen LogP contribution is -2.36. The van der Waals surface area contributed by atoms with Crippen LogP contribution in [0, 0.1) is 15.9 Å². The average molecular weight is 350 g/mol. The number of methoxy groups -OCH3 is 1. The average Bonchev–Trinajstić information content (AvgIpc) is 2.28. The Morgan fingerprint density at radius 3 is 2.71 bits per heavy atom. The van der Waals surface area contributed by atoms with Crippen LogP contribution < -0.4 is 5.56 Å². The highest BCUT2D eigenvalue weighted by Crippen LogP contribution is 2.19. The molecule has 0 radical (unpaired) electrons. The minimum atomic E-state index is -0.751. The van der Waals surface area contributed by atoms with E-state index in [0.717, 1.165) is 0 Å². The van der Waals surface area contributed by atoms with Crippen molar-refractivity contribution in [3.8, 4) is 0 Å². The molecule has 94 valence electrons. The first-order chi connectivity index (χ1) is 7.79. The molecule has 0 aliphatic carbocycles. The zero-order valence-electron chi connectivity index (χ0n) is 10.3. The van der Waals surface area contributed by atoms with Crippen molar-refractivity contribution in [1.29, 1.82) is 0 Å². The molecule has 0 amide bonds. The summed E-state index contributed by atoms with van der Waals surface area (Å²) >= 11 is 1.96. The minimum Gasteiger partial charge on any atom is -0.469 e. The van der Waals surface area contributed by atoms with Gasteiger partial charge in [-0.1, -0.05) is 0 Å². The van der Waals surface area contributed by atoms with Gasteiger partial charge in [-0.25, -0.2) is 4.98 Å². The molecule has 0 aliphatic heterocycles. The Morgan fingerprint density at radius 1 is 1.59 bits per heavy atom. The lowest BCUT2D eigenvalue weighted by molar-refractivity contribution is -0.151. The molecule has 0 spiro atoms. The van der Waals surface area contributed by atoms with Crippen LogP contribution in [0.1, 0.15) is 19.5 Å². The van der Waals surface area contributed by atoms with Gasteiger partial charge in [0.15, 0.2) is 0 Å². The van der Waals surface area contributed by atoms with Crippen LogP contribution in [-0.2, 0) is 16.1 Å². The fraction of sp³-hybridized carbons (Fsp3) is 0.545. The van der Waals surface area contributed by atoms with Gasteiger partial charge in [0.2, 0.25) is 0 Å². The van der Waals surface area contributed by atoms with Gasteiger partial charge in [-0.15, -0.1) is 0 Å². The molecule has 0 atom stereocenters. The standard InChI is InChI=1S/C11H15IN2O3/c1-7-8(12)9(15)14(6-13-7)5-11(2,3)10(16)17-4/h6H,5H2,1-4H3. The van der Waals surface area contributed by atoms with Gasteiger partial charge in [0.25, 0.3) is 5.56 Å². The summed E-state index contributed by atoms with van der Waals surface area (Å²) in [6, 6.07) is 0. The maximum absolute atomic E-state index is 11.9. The van der Waals surface area contributed by atoms with E-state index in [1.54, 1.807) is 20.8 Å². The van der Waals surface area contributed by atoms with E-state index in [0.29, 0.717) is 9.26 Å². The summed E-state index contributed by atoms with van der Waals surface area (Å²) in [5, 5.41) is 0. The van der Waals surface area contributed by atoms with E-state index in [4.69, 9.17) is 4.74 Å². The number of carbonyl (C=O) groups is 1. The van der Waals surface area contributed by atoms with Crippen LogP contribution in [0.2, 0.25) is 0 Å². The maximum atomic E-state index is 11.9. The molecule has 1 aromatic heterocycles. The van der Waals surface area contributed by atoms with Crippen molar-refractivity contribution in [2.24, 2.45) is 5.41 Å². The summed E-state index contributed by atoms with van der Waals surface area (Å²) in [5.74, 6) is -0.347. The number of ether oxygens (including phenoxy) is 1. The molecular weight excluding hydrogens is 335 g/mol. The fourth-order valence-electron chi connectivity index (χ4n) is 1.43. The van der Waals surface area contributed by atoms with E-state index in [9.17, 15) is 9.59 Å². The third kappa shape index (κ3) is 3.05. The zero-order valence-corrected chi connectivity index (χ0v) is 12.4. The van der Waals surface area contributed by atoms with E-state index >= 15 is 0 Å². The molecule has 0 aromatic carbocycles. The van der Waals surface area contributed by atoms with Crippen LogP contribution in [0.25, 0.3) is 0 Å². The predicted molar refractivity (Wildman–Crippen MR) is 71.7 cm³/mol. The SMILES string of the molecule is COC(=O)C(C)(C)Cn1cnc(C)c(I)c1=O. The Hall–Kier alpha value is -0.920. The van der Waals surface area contributed by atoms with Crippen LogP contribution >= 0.6 is 22.6 Å². The van der Waals surface area contributed by atoms with Gasteiger partial charge in [0.1, 0.15) is 0 Å². The van der Waals surface area contributed by atoms with Crippen molar-refractivity contribution < 1.29 is 9.53 Å². The number of hydrogen-bond donors (Lipinski definition) is 0. The number of halogens is 1. The first kappa shape index (κ1) is 14.1. The van der Waals surface area contributed by atoms with Crippen molar-refractivity contribution >= 4 is 28.6 Å². The first-order valence-corrected chi connectivity index (χ1v) is 6.17. The second-order valence-electron chi connectivity index (χ2n) is 4.45. The predicted octanol–water partition coefficient (Wildman–Crippen LogP) is 1.36. The number of aromatic nitrogens is 2. The second kappa shape index (κ2) is 5.16. The van der Waals surface area contributed by atoms with E-state index in [1.165, 1.54) is 18.0 Å². The number of carbonyl (C=O) groups excluding carboxylic acids is 1. The van der Waals surface area contributed by atoms with Crippen LogP contribution in [0.4, 0.5) is 0 Å². The monoisotopic (exact) mass is 350 g/mol. The smallest absolute Gasteiger partial charge is 0.313 e. The topological polar surface area (TPSA) is 61.2 Å². The minimum absolute atomic E-state index is 0.130. The normalized spacial score (nSPS) is 11.4. The zero-order chi connectivity index (χ0) is 13.2. The van der Waals surface area contributed by atoms with Crippen molar-refractivity contribution in [3.05, 3.63) is 25.9 Å². The Morgan fingerprint density at radius 2 is 2.18 bits per heavy atom. The van der Waals surface area contributed by atoms with Gasteiger partial charge in [-0.2, -0.15) is 0 Å². The molecule has 0 bridgehead atoms. The molecule has 0 saturated heterocycles. The van der Waals surface area contributed by atoms with Crippen molar-refractivity contribution in [2.75, 3.05) is 7.11 Å². The molecule has 17 heavy (non-hydrogen) atoms. The van der Waals surface area contributed by atoms with Gasteiger partial charge in [-0.3, -0.25) is 14.2 Å². The molecule has 0 N–H and O–H groups in total. The first-order valence-electron chi connectivity index (χ1n) is 5.09. The fourth-order valence-corrected chi connectivity index (χ4v) is 1.87. The number of rotatable bonds is 3. The Labute approximate surface area is 113 Å². The van der Waals surface area contributed by atoms with Crippen LogP contribution in [-0.4, -0.2) is 22.6 Å². The molecule has 1 aromatic rings. The molecule has 5 nitrogen and oxygen atoms in total. The summed E-state index contributed by atoms with van der Waals surface area (Å²) in [5.41, 5.74) is -0.184. The molecule has 0 aliphatic rings. The van der Waals surface area contributed by atoms with Gasteiger partial charge >= 0.3 is 5.97 Å². The van der Waals surface area contributed by atoms with Crippen molar-refractivity contribution in [2.45, 2.75) is 27.3 Å². The molecule has 1 rings (SSSR count). The molecule has 0 fully saturated rings. The third-order valence-electron chi connectivity index (χ3n) is 2.46. The van der Waals surface area contributed by atoms with E-state index in [1.807, 2.05) is 22.6 Å². The summed E-state index contributed by atoms with van der Waals surface area (Å²) in [6.07, 6.45) is 1.46. The van der Waals surface area contributed by atoms with Gasteiger partial charge in [0, 0.05) is 6.54 Å². The maximum Gasteiger partial charge on any atom is 0.313 e. The second-order valence-corrected chi connectivity index (χ2v) is 5.53. The van der Waals surface area contributed by atoms with E-state index < -0.39 is 5.41 Å². The van der Waals surface area contributed by atoms with Gasteiger partial charge in [-0.05, 0) is 43.4 Å².